The van der Waals surface area contributed by atoms with Crippen molar-refractivity contribution >= 4 is 28.9 Å². The van der Waals surface area contributed by atoms with Crippen molar-refractivity contribution in [2.45, 2.75) is 20.5 Å². The first-order valence-electron chi connectivity index (χ1n) is 8.56. The molecule has 1 amide bonds. The number of ether oxygens (including phenoxy) is 1. The van der Waals surface area contributed by atoms with Gasteiger partial charge in [0, 0.05) is 13.2 Å². The van der Waals surface area contributed by atoms with Crippen molar-refractivity contribution in [2.24, 2.45) is 7.05 Å². The molecule has 0 saturated heterocycles. The Balaban J connectivity index is 1.48. The molecule has 0 spiro atoms. The van der Waals surface area contributed by atoms with Gasteiger partial charge in [0.1, 0.15) is 18.1 Å². The number of furan rings is 1. The lowest BCUT2D eigenvalue weighted by atomic mass is 10.2. The predicted octanol–water partition coefficient (Wildman–Crippen LogP) is 2.84. The third kappa shape index (κ3) is 5.10. The van der Waals surface area contributed by atoms with Gasteiger partial charge in [0.05, 0.1) is 11.4 Å². The number of carbonyl (C=O) groups excluding carboxylic acids is 1. The normalized spacial score (nSPS) is 10.4. The van der Waals surface area contributed by atoms with Gasteiger partial charge in [-0.25, -0.2) is 0 Å². The number of nitrogens with one attached hydrogen (secondary N) is 3. The molecule has 2 aromatic heterocycles. The molecule has 28 heavy (non-hydrogen) atoms. The molecule has 0 radical (unpaired) electrons. The fourth-order valence-electron chi connectivity index (χ4n) is 2.49. The Morgan fingerprint density at radius 2 is 2.07 bits per heavy atom. The lowest BCUT2D eigenvalue weighted by molar-refractivity contribution is 0.0912. The van der Waals surface area contributed by atoms with E-state index in [9.17, 15) is 4.79 Å². The average Bonchev–Trinajstić information content (AvgIpc) is 3.24. The standard InChI is InChI=1S/C19H21N5O3S/c1-12-5-4-6-14(9-12)26-11-15-7-8-17(27-15)18(25)21-22-19(28)20-16-10-24(3)23-13(16)2/h4-10H,11H2,1-3H3,(H,21,25)(H2,20,22,28). The van der Waals surface area contributed by atoms with Crippen LogP contribution in [0.15, 0.2) is 47.0 Å². The van der Waals surface area contributed by atoms with Crippen LogP contribution in [0.3, 0.4) is 0 Å². The van der Waals surface area contributed by atoms with Gasteiger partial charge in [0.25, 0.3) is 0 Å². The van der Waals surface area contributed by atoms with Gasteiger partial charge in [-0.05, 0) is 55.9 Å². The summed E-state index contributed by atoms with van der Waals surface area (Å²) in [6.45, 7) is 4.07. The number of aromatic nitrogens is 2. The molecule has 3 aromatic rings. The van der Waals surface area contributed by atoms with Crippen LogP contribution in [-0.2, 0) is 13.7 Å². The quantitative estimate of drug-likeness (QED) is 0.449. The second kappa shape index (κ2) is 8.57. The molecule has 8 nitrogen and oxygen atoms in total. The summed E-state index contributed by atoms with van der Waals surface area (Å²) >= 11 is 5.16. The highest BCUT2D eigenvalue weighted by Gasteiger charge is 2.12. The molecule has 0 bridgehead atoms. The van der Waals surface area contributed by atoms with Gasteiger partial charge in [-0.1, -0.05) is 12.1 Å². The monoisotopic (exact) mass is 399 g/mol. The van der Waals surface area contributed by atoms with E-state index in [1.807, 2.05) is 45.2 Å². The van der Waals surface area contributed by atoms with Gasteiger partial charge in [-0.2, -0.15) is 5.10 Å². The van der Waals surface area contributed by atoms with Crippen molar-refractivity contribution in [3.63, 3.8) is 0 Å². The van der Waals surface area contributed by atoms with Crippen LogP contribution in [0.1, 0.15) is 27.6 Å². The summed E-state index contributed by atoms with van der Waals surface area (Å²) < 4.78 is 12.8. The van der Waals surface area contributed by atoms with Crippen molar-refractivity contribution in [2.75, 3.05) is 5.32 Å². The Morgan fingerprint density at radius 1 is 1.25 bits per heavy atom. The van der Waals surface area contributed by atoms with Gasteiger partial charge < -0.3 is 14.5 Å². The van der Waals surface area contributed by atoms with Crippen LogP contribution in [0.25, 0.3) is 0 Å². The molecular weight excluding hydrogens is 378 g/mol. The van der Waals surface area contributed by atoms with Crippen molar-refractivity contribution < 1.29 is 13.9 Å². The van der Waals surface area contributed by atoms with Crippen molar-refractivity contribution in [3.8, 4) is 5.75 Å². The maximum Gasteiger partial charge on any atom is 0.305 e. The fraction of sp³-hybridized carbons (Fsp3) is 0.211. The topological polar surface area (TPSA) is 93.3 Å². The Bertz CT molecular complexity index is 995. The number of benzene rings is 1. The molecule has 3 rings (SSSR count). The zero-order chi connectivity index (χ0) is 20.1. The molecule has 3 N–H and O–H groups in total. The van der Waals surface area contributed by atoms with E-state index in [0.29, 0.717) is 5.76 Å². The van der Waals surface area contributed by atoms with E-state index < -0.39 is 5.91 Å². The Labute approximate surface area is 167 Å². The Hall–Kier alpha value is -3.33. The third-order valence-electron chi connectivity index (χ3n) is 3.81. The Morgan fingerprint density at radius 3 is 2.79 bits per heavy atom. The SMILES string of the molecule is Cc1cccc(OCc2ccc(C(=O)NNC(=S)Nc3cn(C)nc3C)o2)c1. The summed E-state index contributed by atoms with van der Waals surface area (Å²) in [5.41, 5.74) is 7.77. The van der Waals surface area contributed by atoms with Crippen LogP contribution in [0, 0.1) is 13.8 Å². The van der Waals surface area contributed by atoms with E-state index in [4.69, 9.17) is 21.4 Å². The van der Waals surface area contributed by atoms with Crippen LogP contribution in [0.4, 0.5) is 5.69 Å². The average molecular weight is 399 g/mol. The number of rotatable bonds is 5. The summed E-state index contributed by atoms with van der Waals surface area (Å²) in [6.07, 6.45) is 1.79. The van der Waals surface area contributed by atoms with Gasteiger partial charge in [-0.15, -0.1) is 0 Å². The molecule has 0 aliphatic heterocycles. The van der Waals surface area contributed by atoms with Crippen LogP contribution >= 0.6 is 12.2 Å². The smallest absolute Gasteiger partial charge is 0.305 e. The first kappa shape index (κ1) is 19.4. The summed E-state index contributed by atoms with van der Waals surface area (Å²) in [4.78, 5) is 12.2. The number of thiocarbonyl (C=S) groups is 1. The van der Waals surface area contributed by atoms with Gasteiger partial charge in [0.15, 0.2) is 10.9 Å². The van der Waals surface area contributed by atoms with E-state index in [1.54, 1.807) is 23.0 Å². The molecule has 9 heteroatoms. The number of hydrogen-bond donors (Lipinski definition) is 3. The first-order valence-corrected chi connectivity index (χ1v) is 8.97. The number of nitrogens with zero attached hydrogens (tertiary/aromatic N) is 2. The van der Waals surface area contributed by atoms with Crippen LogP contribution < -0.4 is 20.9 Å². The first-order chi connectivity index (χ1) is 13.4. The van der Waals surface area contributed by atoms with Crippen molar-refractivity contribution in [1.82, 2.24) is 20.6 Å². The van der Waals surface area contributed by atoms with Gasteiger partial charge in [0.2, 0.25) is 0 Å². The molecule has 0 atom stereocenters. The van der Waals surface area contributed by atoms with Gasteiger partial charge >= 0.3 is 5.91 Å². The molecule has 0 aliphatic carbocycles. The van der Waals surface area contributed by atoms with E-state index in [0.717, 1.165) is 22.7 Å². The highest BCUT2D eigenvalue weighted by Crippen LogP contribution is 2.16. The number of amides is 1. The Kier molecular flexibility index (Phi) is 5.95. The highest BCUT2D eigenvalue weighted by molar-refractivity contribution is 7.80. The van der Waals surface area contributed by atoms with Gasteiger partial charge in [-0.3, -0.25) is 20.3 Å². The second-order valence-corrected chi connectivity index (χ2v) is 6.61. The van der Waals surface area contributed by atoms with Crippen molar-refractivity contribution in [1.29, 1.82) is 0 Å². The lowest BCUT2D eigenvalue weighted by Crippen LogP contribution is -2.43. The molecule has 2 heterocycles. The zero-order valence-electron chi connectivity index (χ0n) is 15.8. The summed E-state index contributed by atoms with van der Waals surface area (Å²) in [6, 6.07) is 11.0. The van der Waals surface area contributed by atoms with Crippen LogP contribution in [-0.4, -0.2) is 20.8 Å². The van der Waals surface area contributed by atoms with Crippen LogP contribution in [0.2, 0.25) is 0 Å². The lowest BCUT2D eigenvalue weighted by Gasteiger charge is -2.10. The molecule has 0 unspecified atom stereocenters. The maximum absolute atomic E-state index is 12.2. The number of anilines is 1. The molecule has 0 fully saturated rings. The van der Waals surface area contributed by atoms with E-state index >= 15 is 0 Å². The number of hydrogen-bond acceptors (Lipinski definition) is 5. The van der Waals surface area contributed by atoms with E-state index in [2.05, 4.69) is 21.3 Å². The molecule has 0 aliphatic rings. The molecule has 1 aromatic carbocycles. The minimum Gasteiger partial charge on any atom is -0.486 e. The fourth-order valence-corrected chi connectivity index (χ4v) is 2.65. The summed E-state index contributed by atoms with van der Waals surface area (Å²) in [5.74, 6) is 0.981. The zero-order valence-corrected chi connectivity index (χ0v) is 16.6. The predicted molar refractivity (Wildman–Crippen MR) is 109 cm³/mol. The van der Waals surface area contributed by atoms with E-state index in [1.165, 1.54) is 0 Å². The molecule has 0 saturated carbocycles. The highest BCUT2D eigenvalue weighted by atomic mass is 32.1. The molecule has 146 valence electrons. The number of hydrazine groups is 1. The molecular formula is C19H21N5O3S. The third-order valence-corrected chi connectivity index (χ3v) is 4.01. The van der Waals surface area contributed by atoms with Crippen LogP contribution in [0.5, 0.6) is 5.75 Å². The maximum atomic E-state index is 12.2. The number of aryl methyl sites for hydroxylation is 3. The van der Waals surface area contributed by atoms with Crippen molar-refractivity contribution in [3.05, 3.63) is 65.4 Å². The second-order valence-electron chi connectivity index (χ2n) is 6.21. The number of carbonyl (C=O) groups is 1. The van der Waals surface area contributed by atoms with E-state index in [-0.39, 0.29) is 17.5 Å². The summed E-state index contributed by atoms with van der Waals surface area (Å²) in [7, 11) is 1.81. The summed E-state index contributed by atoms with van der Waals surface area (Å²) in [5, 5.41) is 7.40. The minimum atomic E-state index is -0.450. The minimum absolute atomic E-state index is 0.149. The largest absolute Gasteiger partial charge is 0.486 e.